The first kappa shape index (κ1) is 14.4. The molecule has 1 unspecified atom stereocenters. The van der Waals surface area contributed by atoms with E-state index in [1.165, 1.54) is 17.0 Å². The molecule has 1 saturated heterocycles. The van der Waals surface area contributed by atoms with Crippen LogP contribution in [0.2, 0.25) is 0 Å². The summed E-state index contributed by atoms with van der Waals surface area (Å²) in [6.07, 6.45) is 1.59. The average molecular weight is 310 g/mol. The van der Waals surface area contributed by atoms with Crippen molar-refractivity contribution in [2.45, 2.75) is 25.6 Å². The number of piperidine rings is 1. The highest BCUT2D eigenvalue weighted by Gasteiger charge is 2.22. The molecule has 0 bridgehead atoms. The minimum atomic E-state index is -0.302. The maximum absolute atomic E-state index is 12.9. The number of likely N-dealkylation sites (tertiary alicyclic amines) is 1. The van der Waals surface area contributed by atoms with Gasteiger partial charge in [-0.05, 0) is 49.3 Å². The summed E-state index contributed by atoms with van der Waals surface area (Å²) in [6, 6.07) is 5.94. The Hall–Kier alpha value is -1.57. The summed E-state index contributed by atoms with van der Waals surface area (Å²) in [6.45, 7) is 2.25. The molecule has 2 aromatic rings. The van der Waals surface area contributed by atoms with E-state index in [0.29, 0.717) is 29.5 Å². The van der Waals surface area contributed by atoms with Crippen molar-refractivity contribution < 1.29 is 18.8 Å². The molecular formula is C14H17FN3O2S+. The summed E-state index contributed by atoms with van der Waals surface area (Å²) >= 11 is 5.18. The molecule has 0 saturated carbocycles. The van der Waals surface area contributed by atoms with Gasteiger partial charge < -0.3 is 14.4 Å². The molecule has 1 aromatic carbocycles. The van der Waals surface area contributed by atoms with Gasteiger partial charge in [0.1, 0.15) is 18.5 Å². The number of aromatic nitrogens is 2. The molecule has 5 nitrogen and oxygen atoms in total. The number of aliphatic hydroxyl groups excluding tert-OH is 1. The highest BCUT2D eigenvalue weighted by Crippen LogP contribution is 2.17. The number of aliphatic hydroxyl groups is 1. The van der Waals surface area contributed by atoms with E-state index >= 15 is 0 Å². The summed E-state index contributed by atoms with van der Waals surface area (Å²) in [4.78, 5) is 1.52. The van der Waals surface area contributed by atoms with E-state index in [0.717, 1.165) is 19.4 Å². The standard InChI is InChI=1S/C14H16FN3O2S/c15-11-5-3-10(4-6-11)13-16-18(14(21)20-13)9-17-7-1-2-12(19)8-17/h3-6,12,19H,1-2,7-9H2/p+1/t12-/m0/s1. The van der Waals surface area contributed by atoms with Crippen LogP contribution < -0.4 is 4.90 Å². The molecule has 2 heterocycles. The van der Waals surface area contributed by atoms with Gasteiger partial charge in [-0.1, -0.05) is 0 Å². The molecule has 0 aliphatic carbocycles. The maximum atomic E-state index is 12.9. The number of nitrogens with zero attached hydrogens (tertiary/aromatic N) is 2. The van der Waals surface area contributed by atoms with Gasteiger partial charge in [0.05, 0.1) is 6.54 Å². The molecule has 2 atom stereocenters. The normalized spacial score (nSPS) is 22.4. The fraction of sp³-hybridized carbons (Fsp3) is 0.429. The van der Waals surface area contributed by atoms with E-state index < -0.39 is 0 Å². The maximum Gasteiger partial charge on any atom is 0.292 e. The number of rotatable bonds is 3. The first-order valence-corrected chi connectivity index (χ1v) is 7.38. The van der Waals surface area contributed by atoms with Gasteiger partial charge in [-0.2, -0.15) is 4.68 Å². The zero-order valence-electron chi connectivity index (χ0n) is 11.5. The molecule has 0 radical (unpaired) electrons. The summed E-state index contributed by atoms with van der Waals surface area (Å²) in [5.74, 6) is 0.0838. The Morgan fingerprint density at radius 1 is 1.43 bits per heavy atom. The van der Waals surface area contributed by atoms with E-state index in [1.54, 1.807) is 16.8 Å². The molecule has 0 amide bonds. The number of nitrogens with one attached hydrogen (secondary N) is 1. The summed E-state index contributed by atoms with van der Waals surface area (Å²) in [7, 11) is 0. The Bertz CT molecular complexity index is 668. The largest absolute Gasteiger partial charge is 0.409 e. The van der Waals surface area contributed by atoms with E-state index in [9.17, 15) is 9.50 Å². The third-order valence-corrected chi connectivity index (χ3v) is 3.96. The van der Waals surface area contributed by atoms with E-state index in [-0.39, 0.29) is 11.9 Å². The number of halogens is 1. The third-order valence-electron chi connectivity index (χ3n) is 3.66. The second-order valence-electron chi connectivity index (χ2n) is 5.34. The molecule has 1 fully saturated rings. The zero-order chi connectivity index (χ0) is 14.8. The predicted octanol–water partition coefficient (Wildman–Crippen LogP) is 1.01. The molecule has 1 aliphatic rings. The monoisotopic (exact) mass is 310 g/mol. The lowest BCUT2D eigenvalue weighted by Crippen LogP contribution is -3.13. The van der Waals surface area contributed by atoms with Crippen LogP contribution >= 0.6 is 12.2 Å². The third kappa shape index (κ3) is 3.37. The SMILES string of the molecule is O[C@H]1CCC[NH+](Cn2nc(-c3ccc(F)cc3)oc2=S)C1. The second kappa shape index (κ2) is 6.05. The first-order valence-electron chi connectivity index (χ1n) is 6.97. The minimum Gasteiger partial charge on any atom is -0.409 e. The lowest BCUT2D eigenvalue weighted by Gasteiger charge is -2.26. The van der Waals surface area contributed by atoms with Crippen LogP contribution in [0.3, 0.4) is 0 Å². The van der Waals surface area contributed by atoms with Gasteiger partial charge in [0.2, 0.25) is 5.89 Å². The molecule has 0 spiro atoms. The van der Waals surface area contributed by atoms with Gasteiger partial charge in [-0.3, -0.25) is 0 Å². The molecular weight excluding hydrogens is 293 g/mol. The highest BCUT2D eigenvalue weighted by atomic mass is 32.1. The molecule has 2 N–H and O–H groups in total. The quantitative estimate of drug-likeness (QED) is 0.831. The van der Waals surface area contributed by atoms with Crippen LogP contribution in [0, 0.1) is 10.7 Å². The number of hydrogen-bond donors (Lipinski definition) is 2. The first-order chi connectivity index (χ1) is 10.1. The van der Waals surface area contributed by atoms with Gasteiger partial charge in [0, 0.05) is 5.56 Å². The summed E-state index contributed by atoms with van der Waals surface area (Å²) < 4.78 is 20.0. The molecule has 7 heteroatoms. The smallest absolute Gasteiger partial charge is 0.292 e. The number of quaternary nitrogens is 1. The number of benzene rings is 1. The Labute approximate surface area is 126 Å². The fourth-order valence-electron chi connectivity index (χ4n) is 2.60. The summed E-state index contributed by atoms with van der Waals surface area (Å²) in [5.41, 5.74) is 0.690. The van der Waals surface area contributed by atoms with Crippen molar-refractivity contribution in [2.75, 3.05) is 13.1 Å². The van der Waals surface area contributed by atoms with Gasteiger partial charge in [0.15, 0.2) is 6.67 Å². The van der Waals surface area contributed by atoms with Crippen molar-refractivity contribution in [1.29, 1.82) is 0 Å². The van der Waals surface area contributed by atoms with Gasteiger partial charge in [-0.15, -0.1) is 5.10 Å². The average Bonchev–Trinajstić information content (AvgIpc) is 2.81. The van der Waals surface area contributed by atoms with Crippen molar-refractivity contribution in [3.05, 3.63) is 34.9 Å². The van der Waals surface area contributed by atoms with E-state index in [4.69, 9.17) is 16.6 Å². The molecule has 1 aliphatic heterocycles. The lowest BCUT2D eigenvalue weighted by molar-refractivity contribution is -0.931. The molecule has 1 aromatic heterocycles. The van der Waals surface area contributed by atoms with Crippen LogP contribution in [0.25, 0.3) is 11.5 Å². The Morgan fingerprint density at radius 2 is 2.19 bits per heavy atom. The molecule has 112 valence electrons. The van der Waals surface area contributed by atoms with Crippen LogP contribution in [0.4, 0.5) is 4.39 Å². The highest BCUT2D eigenvalue weighted by molar-refractivity contribution is 7.71. The fourth-order valence-corrected chi connectivity index (χ4v) is 2.78. The van der Waals surface area contributed by atoms with Crippen LogP contribution in [-0.2, 0) is 6.67 Å². The van der Waals surface area contributed by atoms with E-state index in [1.807, 2.05) is 0 Å². The predicted molar refractivity (Wildman–Crippen MR) is 76.7 cm³/mol. The van der Waals surface area contributed by atoms with Crippen LogP contribution in [0.1, 0.15) is 12.8 Å². The van der Waals surface area contributed by atoms with Gasteiger partial charge in [-0.25, -0.2) is 4.39 Å². The second-order valence-corrected chi connectivity index (χ2v) is 5.69. The summed E-state index contributed by atoms with van der Waals surface area (Å²) in [5, 5.41) is 14.1. The van der Waals surface area contributed by atoms with Crippen molar-refractivity contribution in [1.82, 2.24) is 9.78 Å². The van der Waals surface area contributed by atoms with Crippen molar-refractivity contribution >= 4 is 12.2 Å². The lowest BCUT2D eigenvalue weighted by atomic mass is 10.1. The molecule has 21 heavy (non-hydrogen) atoms. The van der Waals surface area contributed by atoms with Crippen LogP contribution in [0.15, 0.2) is 28.7 Å². The Balaban J connectivity index is 1.78. The van der Waals surface area contributed by atoms with Crippen molar-refractivity contribution in [3.63, 3.8) is 0 Å². The van der Waals surface area contributed by atoms with Gasteiger partial charge in [0.25, 0.3) is 4.84 Å². The van der Waals surface area contributed by atoms with E-state index in [2.05, 4.69) is 5.10 Å². The van der Waals surface area contributed by atoms with Crippen LogP contribution in [-0.4, -0.2) is 34.1 Å². The van der Waals surface area contributed by atoms with Gasteiger partial charge >= 0.3 is 0 Å². The van der Waals surface area contributed by atoms with Crippen LogP contribution in [0.5, 0.6) is 0 Å². The molecule has 3 rings (SSSR count). The topological polar surface area (TPSA) is 55.6 Å². The zero-order valence-corrected chi connectivity index (χ0v) is 12.3. The Morgan fingerprint density at radius 3 is 2.90 bits per heavy atom. The Kier molecular flexibility index (Phi) is 4.14. The minimum absolute atomic E-state index is 0.258. The van der Waals surface area contributed by atoms with Crippen molar-refractivity contribution in [3.8, 4) is 11.5 Å². The van der Waals surface area contributed by atoms with Crippen molar-refractivity contribution in [2.24, 2.45) is 0 Å². The number of hydrogen-bond acceptors (Lipinski definition) is 4.